The Morgan fingerprint density at radius 3 is 3.00 bits per heavy atom. The molecule has 1 fully saturated rings. The van der Waals surface area contributed by atoms with E-state index in [1.807, 2.05) is 7.05 Å². The second-order valence-electron chi connectivity index (χ2n) is 4.73. The van der Waals surface area contributed by atoms with E-state index in [1.165, 1.54) is 18.9 Å². The Labute approximate surface area is 107 Å². The van der Waals surface area contributed by atoms with E-state index in [-0.39, 0.29) is 5.82 Å². The second kappa shape index (κ2) is 5.80. The molecule has 1 aromatic carbocycles. The van der Waals surface area contributed by atoms with Gasteiger partial charge in [0, 0.05) is 29.7 Å². The number of hydrogen-bond acceptors (Lipinski definition) is 2. The molecule has 2 rings (SSSR count). The first-order chi connectivity index (χ1) is 8.15. The van der Waals surface area contributed by atoms with Crippen LogP contribution in [0.25, 0.3) is 0 Å². The third kappa shape index (κ3) is 3.66. The first kappa shape index (κ1) is 12.8. The maximum absolute atomic E-state index is 13.6. The molecule has 1 unspecified atom stereocenters. The van der Waals surface area contributed by atoms with Gasteiger partial charge in [-0.25, -0.2) is 4.39 Å². The number of halogens is 2. The normalized spacial score (nSPS) is 20.1. The Hall–Kier alpha value is -0.640. The van der Waals surface area contributed by atoms with E-state index in [4.69, 9.17) is 11.6 Å². The fraction of sp³-hybridized carbons (Fsp3) is 0.538. The highest BCUT2D eigenvalue weighted by Crippen LogP contribution is 2.16. The lowest BCUT2D eigenvalue weighted by molar-refractivity contribution is 0.289. The van der Waals surface area contributed by atoms with Gasteiger partial charge < -0.3 is 10.2 Å². The molecule has 0 aromatic heterocycles. The van der Waals surface area contributed by atoms with Crippen molar-refractivity contribution < 1.29 is 4.39 Å². The van der Waals surface area contributed by atoms with E-state index >= 15 is 0 Å². The summed E-state index contributed by atoms with van der Waals surface area (Å²) in [5.74, 6) is -0.219. The van der Waals surface area contributed by atoms with Crippen molar-refractivity contribution in [2.45, 2.75) is 25.4 Å². The van der Waals surface area contributed by atoms with Crippen LogP contribution in [0.5, 0.6) is 0 Å². The minimum atomic E-state index is -0.219. The lowest BCUT2D eigenvalue weighted by atomic mass is 10.1. The van der Waals surface area contributed by atoms with Gasteiger partial charge in [-0.05, 0) is 38.6 Å². The third-order valence-corrected chi connectivity index (χ3v) is 3.38. The van der Waals surface area contributed by atoms with Crippen molar-refractivity contribution in [1.82, 2.24) is 10.2 Å². The summed E-state index contributed by atoms with van der Waals surface area (Å²) in [6.07, 6.45) is 2.46. The summed E-state index contributed by atoms with van der Waals surface area (Å²) in [7, 11) is 2.02. The van der Waals surface area contributed by atoms with Gasteiger partial charge in [-0.15, -0.1) is 0 Å². The van der Waals surface area contributed by atoms with E-state index in [1.54, 1.807) is 12.1 Å². The molecule has 1 aliphatic rings. The van der Waals surface area contributed by atoms with E-state index in [0.717, 1.165) is 13.1 Å². The van der Waals surface area contributed by atoms with Gasteiger partial charge in [-0.3, -0.25) is 0 Å². The minimum Gasteiger partial charge on any atom is -0.313 e. The van der Waals surface area contributed by atoms with Crippen molar-refractivity contribution in [3.63, 3.8) is 0 Å². The van der Waals surface area contributed by atoms with Gasteiger partial charge in [0.2, 0.25) is 0 Å². The summed E-state index contributed by atoms with van der Waals surface area (Å²) in [5, 5.41) is 3.89. The van der Waals surface area contributed by atoms with Gasteiger partial charge in [0.1, 0.15) is 5.82 Å². The number of hydrogen-bond donors (Lipinski definition) is 1. The van der Waals surface area contributed by atoms with Gasteiger partial charge in [-0.2, -0.15) is 0 Å². The van der Waals surface area contributed by atoms with E-state index < -0.39 is 0 Å². The molecule has 4 heteroatoms. The summed E-state index contributed by atoms with van der Waals surface area (Å²) in [5.41, 5.74) is 0.704. The van der Waals surface area contributed by atoms with Crippen LogP contribution in [-0.2, 0) is 6.54 Å². The molecule has 0 radical (unpaired) electrons. The Morgan fingerprint density at radius 2 is 2.35 bits per heavy atom. The van der Waals surface area contributed by atoms with Crippen LogP contribution in [0.15, 0.2) is 18.2 Å². The van der Waals surface area contributed by atoms with Crippen molar-refractivity contribution in [3.05, 3.63) is 34.6 Å². The smallest absolute Gasteiger partial charge is 0.129 e. The van der Waals surface area contributed by atoms with Gasteiger partial charge in [-0.1, -0.05) is 17.7 Å². The van der Waals surface area contributed by atoms with Gasteiger partial charge in [0.15, 0.2) is 0 Å². The molecule has 0 spiro atoms. The first-order valence-corrected chi connectivity index (χ1v) is 6.39. The molecule has 1 aliphatic heterocycles. The Morgan fingerprint density at radius 1 is 1.53 bits per heavy atom. The second-order valence-corrected chi connectivity index (χ2v) is 5.16. The SMILES string of the molecule is CN(Cc1ccc(Cl)cc1F)CC1CCCN1. The van der Waals surface area contributed by atoms with Crippen LogP contribution in [0.3, 0.4) is 0 Å². The third-order valence-electron chi connectivity index (χ3n) is 3.15. The molecule has 0 saturated carbocycles. The van der Waals surface area contributed by atoms with Crippen LogP contribution in [-0.4, -0.2) is 31.1 Å². The summed E-state index contributed by atoms with van der Waals surface area (Å²) < 4.78 is 13.6. The standard InChI is InChI=1S/C13H18ClFN2/c1-17(9-12-3-2-6-16-12)8-10-4-5-11(14)7-13(10)15/h4-5,7,12,16H,2-3,6,8-9H2,1H3. The Kier molecular flexibility index (Phi) is 4.37. The molecule has 1 heterocycles. The molecule has 94 valence electrons. The van der Waals surface area contributed by atoms with Crippen LogP contribution in [0.4, 0.5) is 4.39 Å². The molecule has 1 N–H and O–H groups in total. The van der Waals surface area contributed by atoms with Crippen molar-refractivity contribution in [2.24, 2.45) is 0 Å². The lowest BCUT2D eigenvalue weighted by Crippen LogP contribution is -2.35. The van der Waals surface area contributed by atoms with Crippen molar-refractivity contribution in [3.8, 4) is 0 Å². The first-order valence-electron chi connectivity index (χ1n) is 6.01. The molecule has 2 nitrogen and oxygen atoms in total. The summed E-state index contributed by atoms with van der Waals surface area (Å²) in [6.45, 7) is 2.69. The predicted octanol–water partition coefficient (Wildman–Crippen LogP) is 2.66. The maximum Gasteiger partial charge on any atom is 0.129 e. The van der Waals surface area contributed by atoms with Crippen LogP contribution in [0.1, 0.15) is 18.4 Å². The minimum absolute atomic E-state index is 0.219. The highest BCUT2D eigenvalue weighted by atomic mass is 35.5. The van der Waals surface area contributed by atoms with Crippen LogP contribution in [0, 0.1) is 5.82 Å². The molecule has 0 aliphatic carbocycles. The van der Waals surface area contributed by atoms with E-state index in [2.05, 4.69) is 10.2 Å². The molecule has 0 amide bonds. The molecule has 1 atom stereocenters. The highest BCUT2D eigenvalue weighted by Gasteiger charge is 2.16. The zero-order valence-corrected chi connectivity index (χ0v) is 10.8. The maximum atomic E-state index is 13.6. The lowest BCUT2D eigenvalue weighted by Gasteiger charge is -2.21. The molecular weight excluding hydrogens is 239 g/mol. The average molecular weight is 257 g/mol. The fourth-order valence-corrected chi connectivity index (χ4v) is 2.45. The number of benzene rings is 1. The molecule has 17 heavy (non-hydrogen) atoms. The van der Waals surface area contributed by atoms with Gasteiger partial charge >= 0.3 is 0 Å². The van der Waals surface area contributed by atoms with Gasteiger partial charge in [0.25, 0.3) is 0 Å². The van der Waals surface area contributed by atoms with Crippen LogP contribution < -0.4 is 5.32 Å². The van der Waals surface area contributed by atoms with Crippen molar-refractivity contribution >= 4 is 11.6 Å². The largest absolute Gasteiger partial charge is 0.313 e. The van der Waals surface area contributed by atoms with Gasteiger partial charge in [0.05, 0.1) is 0 Å². The van der Waals surface area contributed by atoms with E-state index in [0.29, 0.717) is 23.2 Å². The molecule has 1 aromatic rings. The van der Waals surface area contributed by atoms with Crippen molar-refractivity contribution in [2.75, 3.05) is 20.1 Å². The molecule has 1 saturated heterocycles. The Balaban J connectivity index is 1.90. The van der Waals surface area contributed by atoms with Crippen molar-refractivity contribution in [1.29, 1.82) is 0 Å². The Bertz CT molecular complexity index is 378. The highest BCUT2D eigenvalue weighted by molar-refractivity contribution is 6.30. The number of nitrogens with one attached hydrogen (secondary N) is 1. The fourth-order valence-electron chi connectivity index (χ4n) is 2.29. The summed E-state index contributed by atoms with van der Waals surface area (Å²) >= 11 is 5.73. The van der Waals surface area contributed by atoms with Crippen LogP contribution >= 0.6 is 11.6 Å². The number of rotatable bonds is 4. The summed E-state index contributed by atoms with van der Waals surface area (Å²) in [4.78, 5) is 2.15. The zero-order valence-electron chi connectivity index (χ0n) is 10.0. The number of likely N-dealkylation sites (N-methyl/N-ethyl adjacent to an activating group) is 1. The molecular formula is C13H18ClFN2. The summed E-state index contributed by atoms with van der Waals surface area (Å²) in [6, 6.07) is 5.42. The van der Waals surface area contributed by atoms with Crippen LogP contribution in [0.2, 0.25) is 5.02 Å². The molecule has 0 bridgehead atoms. The quantitative estimate of drug-likeness (QED) is 0.891. The van der Waals surface area contributed by atoms with E-state index in [9.17, 15) is 4.39 Å². The monoisotopic (exact) mass is 256 g/mol. The topological polar surface area (TPSA) is 15.3 Å². The predicted molar refractivity (Wildman–Crippen MR) is 68.8 cm³/mol. The average Bonchev–Trinajstić information content (AvgIpc) is 2.75. The zero-order chi connectivity index (χ0) is 12.3. The number of nitrogens with zero attached hydrogens (tertiary/aromatic N) is 1.